The van der Waals surface area contributed by atoms with Crippen molar-refractivity contribution >= 4 is 20.9 Å². The molecule has 1 aromatic carbocycles. The van der Waals surface area contributed by atoms with E-state index in [2.05, 4.69) is 15.0 Å². The molecule has 0 bridgehead atoms. The molecule has 5 nitrogen and oxygen atoms in total. The first-order chi connectivity index (χ1) is 9.64. The first-order valence-corrected chi connectivity index (χ1v) is 8.33. The highest BCUT2D eigenvalue weighted by atomic mass is 32.2. The number of hydrogen-bond acceptors (Lipinski definition) is 4. The summed E-state index contributed by atoms with van der Waals surface area (Å²) in [5, 5.41) is 4.11. The number of hydrogen-bond donors (Lipinski definition) is 2. The van der Waals surface area contributed by atoms with E-state index in [4.69, 9.17) is 0 Å². The van der Waals surface area contributed by atoms with Crippen LogP contribution in [0.4, 0.5) is 0 Å². The van der Waals surface area contributed by atoms with Gasteiger partial charge in [-0.15, -0.1) is 0 Å². The average Bonchev–Trinajstić information content (AvgIpc) is 2.91. The largest absolute Gasteiger partial charge is 0.315 e. The minimum Gasteiger partial charge on any atom is -0.315 e. The maximum atomic E-state index is 12.2. The first kappa shape index (κ1) is 13.5. The Morgan fingerprint density at radius 2 is 2.15 bits per heavy atom. The van der Waals surface area contributed by atoms with Gasteiger partial charge in [0.25, 0.3) is 0 Å². The molecule has 0 spiro atoms. The third-order valence-electron chi connectivity index (χ3n) is 3.47. The van der Waals surface area contributed by atoms with Crippen molar-refractivity contribution < 1.29 is 8.42 Å². The fourth-order valence-corrected chi connectivity index (χ4v) is 3.97. The van der Waals surface area contributed by atoms with Gasteiger partial charge < -0.3 is 5.32 Å². The number of sulfonamides is 1. The van der Waals surface area contributed by atoms with Crippen molar-refractivity contribution in [3.8, 4) is 0 Å². The Morgan fingerprint density at radius 3 is 2.95 bits per heavy atom. The lowest BCUT2D eigenvalue weighted by Gasteiger charge is -2.12. The van der Waals surface area contributed by atoms with Crippen molar-refractivity contribution in [2.45, 2.75) is 18.2 Å². The Morgan fingerprint density at radius 1 is 1.30 bits per heavy atom. The number of nitrogens with zero attached hydrogens (tertiary/aromatic N) is 1. The molecule has 1 unspecified atom stereocenters. The summed E-state index contributed by atoms with van der Waals surface area (Å²) in [6.45, 7) is 1.57. The van der Waals surface area contributed by atoms with Crippen LogP contribution in [0, 0.1) is 0 Å². The summed E-state index contributed by atoms with van der Waals surface area (Å²) >= 11 is 0. The quantitative estimate of drug-likeness (QED) is 0.882. The lowest BCUT2D eigenvalue weighted by molar-refractivity contribution is 0.559. The third kappa shape index (κ3) is 2.98. The molecule has 0 saturated carbocycles. The molecule has 3 rings (SSSR count). The second-order valence-electron chi connectivity index (χ2n) is 5.06. The van der Waals surface area contributed by atoms with Gasteiger partial charge in [0.1, 0.15) is 0 Å². The van der Waals surface area contributed by atoms with Gasteiger partial charge in [0.2, 0.25) is 10.0 Å². The molecule has 1 aliphatic heterocycles. The topological polar surface area (TPSA) is 71.1 Å². The lowest BCUT2D eigenvalue weighted by atomic mass is 10.1. The summed E-state index contributed by atoms with van der Waals surface area (Å²) in [6, 6.07) is 9.42. The smallest absolute Gasteiger partial charge is 0.216 e. The maximum absolute atomic E-state index is 12.2. The van der Waals surface area contributed by atoms with Crippen LogP contribution in [0.5, 0.6) is 0 Å². The van der Waals surface area contributed by atoms with Crippen molar-refractivity contribution in [1.29, 1.82) is 0 Å². The summed E-state index contributed by atoms with van der Waals surface area (Å²) in [7, 11) is -3.34. The molecule has 2 aromatic rings. The number of aromatic nitrogens is 1. The average molecular weight is 291 g/mol. The van der Waals surface area contributed by atoms with Gasteiger partial charge in [-0.25, -0.2) is 13.1 Å². The zero-order valence-corrected chi connectivity index (χ0v) is 11.9. The Bertz CT molecular complexity index is 704. The van der Waals surface area contributed by atoms with E-state index in [1.165, 1.54) is 0 Å². The number of nitrogens with one attached hydrogen (secondary N) is 2. The minimum atomic E-state index is -3.34. The van der Waals surface area contributed by atoms with Crippen molar-refractivity contribution in [3.05, 3.63) is 42.1 Å². The van der Waals surface area contributed by atoms with Crippen LogP contribution >= 0.6 is 0 Å². The van der Waals surface area contributed by atoms with Crippen LogP contribution < -0.4 is 10.0 Å². The van der Waals surface area contributed by atoms with Crippen molar-refractivity contribution in [2.75, 3.05) is 13.1 Å². The number of pyridine rings is 1. The fraction of sp³-hybridized carbons (Fsp3) is 0.357. The Kier molecular flexibility index (Phi) is 3.69. The van der Waals surface area contributed by atoms with Crippen LogP contribution in [0.25, 0.3) is 10.9 Å². The monoisotopic (exact) mass is 291 g/mol. The standard InChI is InChI=1S/C14H17N3O2S/c18-20(19,17-13-6-8-15-9-13)10-12-4-1-3-11-5-2-7-16-14(11)12/h1-5,7,13,15,17H,6,8-10H2. The van der Waals surface area contributed by atoms with Gasteiger partial charge in [-0.1, -0.05) is 24.3 Å². The molecule has 1 fully saturated rings. The molecule has 6 heteroatoms. The van der Waals surface area contributed by atoms with Gasteiger partial charge in [-0.05, 0) is 24.6 Å². The minimum absolute atomic E-state index is 0.00272. The van der Waals surface area contributed by atoms with Crippen LogP contribution in [0.3, 0.4) is 0 Å². The van der Waals surface area contributed by atoms with Crippen LogP contribution in [0.1, 0.15) is 12.0 Å². The van der Waals surface area contributed by atoms with Crippen molar-refractivity contribution in [2.24, 2.45) is 0 Å². The third-order valence-corrected chi connectivity index (χ3v) is 4.85. The van der Waals surface area contributed by atoms with E-state index >= 15 is 0 Å². The summed E-state index contributed by atoms with van der Waals surface area (Å²) in [4.78, 5) is 4.29. The van der Waals surface area contributed by atoms with Crippen LogP contribution in [-0.2, 0) is 15.8 Å². The second-order valence-corrected chi connectivity index (χ2v) is 6.81. The molecule has 0 amide bonds. The second kappa shape index (κ2) is 5.47. The molecule has 106 valence electrons. The molecule has 0 radical (unpaired) electrons. The van der Waals surface area contributed by atoms with Gasteiger partial charge in [-0.2, -0.15) is 0 Å². The highest BCUT2D eigenvalue weighted by Crippen LogP contribution is 2.18. The van der Waals surface area contributed by atoms with E-state index < -0.39 is 10.0 Å². The van der Waals surface area contributed by atoms with Crippen LogP contribution in [0.15, 0.2) is 36.5 Å². The zero-order chi connectivity index (χ0) is 14.0. The van der Waals surface area contributed by atoms with E-state index in [0.29, 0.717) is 6.54 Å². The number of para-hydroxylation sites is 1. The predicted octanol–water partition coefficient (Wildman–Crippen LogP) is 1.02. The molecule has 2 heterocycles. The zero-order valence-electron chi connectivity index (χ0n) is 11.0. The molecule has 1 aliphatic rings. The Labute approximate surface area is 118 Å². The molecule has 20 heavy (non-hydrogen) atoms. The molecule has 1 atom stereocenters. The maximum Gasteiger partial charge on any atom is 0.216 e. The van der Waals surface area contributed by atoms with Gasteiger partial charge in [-0.3, -0.25) is 4.98 Å². The van der Waals surface area contributed by atoms with Crippen molar-refractivity contribution in [1.82, 2.24) is 15.0 Å². The van der Waals surface area contributed by atoms with Gasteiger partial charge in [0, 0.05) is 24.2 Å². The molecule has 1 aromatic heterocycles. The highest BCUT2D eigenvalue weighted by Gasteiger charge is 2.22. The SMILES string of the molecule is O=S(=O)(Cc1cccc2cccnc12)NC1CCNC1. The number of benzene rings is 1. The molecule has 1 saturated heterocycles. The molecule has 2 N–H and O–H groups in total. The number of fused-ring (bicyclic) bond motifs is 1. The van der Waals surface area contributed by atoms with E-state index in [1.807, 2.05) is 30.3 Å². The van der Waals surface area contributed by atoms with Crippen molar-refractivity contribution in [3.63, 3.8) is 0 Å². The molecular weight excluding hydrogens is 274 g/mol. The van der Waals surface area contributed by atoms with E-state index in [9.17, 15) is 8.42 Å². The summed E-state index contributed by atoms with van der Waals surface area (Å²) in [5.41, 5.74) is 1.49. The highest BCUT2D eigenvalue weighted by molar-refractivity contribution is 7.88. The van der Waals surface area contributed by atoms with E-state index in [-0.39, 0.29) is 11.8 Å². The summed E-state index contributed by atoms with van der Waals surface area (Å²) < 4.78 is 27.2. The van der Waals surface area contributed by atoms with Crippen LogP contribution in [-0.4, -0.2) is 32.5 Å². The number of rotatable bonds is 4. The van der Waals surface area contributed by atoms with Gasteiger partial charge >= 0.3 is 0 Å². The van der Waals surface area contributed by atoms with Gasteiger partial charge in [0.05, 0.1) is 11.3 Å². The lowest BCUT2D eigenvalue weighted by Crippen LogP contribution is -2.36. The fourth-order valence-electron chi connectivity index (χ4n) is 2.54. The molecule has 0 aliphatic carbocycles. The predicted molar refractivity (Wildman–Crippen MR) is 78.8 cm³/mol. The van der Waals surface area contributed by atoms with E-state index in [0.717, 1.165) is 29.4 Å². The normalized spacial score (nSPS) is 19.5. The summed E-state index contributed by atoms with van der Waals surface area (Å²) in [5.74, 6) is -0.0299. The summed E-state index contributed by atoms with van der Waals surface area (Å²) in [6.07, 6.45) is 2.53. The van der Waals surface area contributed by atoms with Gasteiger partial charge in [0.15, 0.2) is 0 Å². The Hall–Kier alpha value is -1.50. The first-order valence-electron chi connectivity index (χ1n) is 6.67. The Balaban J connectivity index is 1.85. The molecular formula is C14H17N3O2S. The van der Waals surface area contributed by atoms with E-state index in [1.54, 1.807) is 6.20 Å². The van der Waals surface area contributed by atoms with Crippen LogP contribution in [0.2, 0.25) is 0 Å².